The Morgan fingerprint density at radius 1 is 1.23 bits per heavy atom. The molecule has 1 aromatic carbocycles. The number of hydrogen-bond donors (Lipinski definition) is 1. The Kier molecular flexibility index (Phi) is 3.92. The lowest BCUT2D eigenvalue weighted by Crippen LogP contribution is -2.49. The Morgan fingerprint density at radius 2 is 1.86 bits per heavy atom. The maximum atomic E-state index is 12.3. The lowest BCUT2D eigenvalue weighted by atomic mass is 9.72. The van der Waals surface area contributed by atoms with Gasteiger partial charge in [-0.1, -0.05) is 35.4 Å². The van der Waals surface area contributed by atoms with Crippen molar-refractivity contribution in [1.29, 1.82) is 0 Å². The summed E-state index contributed by atoms with van der Waals surface area (Å²) in [7, 11) is 5.73. The molecule has 1 saturated heterocycles. The fourth-order valence-electron chi connectivity index (χ4n) is 3.16. The van der Waals surface area contributed by atoms with Crippen LogP contribution in [-0.2, 0) is 10.2 Å². The largest absolute Gasteiger partial charge is 0.368 e. The van der Waals surface area contributed by atoms with Crippen molar-refractivity contribution in [2.24, 2.45) is 5.92 Å². The summed E-state index contributed by atoms with van der Waals surface area (Å²) in [5, 5.41) is 3.11. The second-order valence-corrected chi connectivity index (χ2v) is 9.78. The van der Waals surface area contributed by atoms with Crippen molar-refractivity contribution < 1.29 is 4.79 Å². The van der Waals surface area contributed by atoms with Crippen LogP contribution in [0.4, 0.5) is 11.4 Å². The first kappa shape index (κ1) is 16.1. The molecule has 1 amide bonds. The van der Waals surface area contributed by atoms with Crippen LogP contribution in [0.3, 0.4) is 0 Å². The van der Waals surface area contributed by atoms with Gasteiger partial charge in [0, 0.05) is 40.9 Å². The molecule has 2 aliphatic heterocycles. The third-order valence-corrected chi connectivity index (χ3v) is 8.22. The molecule has 0 atom stereocenters. The zero-order valence-electron chi connectivity index (χ0n) is 13.9. The molecule has 0 saturated carbocycles. The number of fused-ring (bicyclic) bond motifs is 1. The summed E-state index contributed by atoms with van der Waals surface area (Å²) in [6, 6.07) is 6.33. The molecule has 5 heteroatoms. The highest BCUT2D eigenvalue weighted by atomic mass is 33.1. The molecule has 1 fully saturated rings. The fourth-order valence-corrected chi connectivity index (χ4v) is 5.93. The average Bonchev–Trinajstić information content (AvgIpc) is 3.03. The Hall–Kier alpha value is -0.810. The Labute approximate surface area is 141 Å². The average molecular weight is 337 g/mol. The maximum absolute atomic E-state index is 12.3. The van der Waals surface area contributed by atoms with E-state index in [-0.39, 0.29) is 22.8 Å². The van der Waals surface area contributed by atoms with Crippen LogP contribution >= 0.6 is 21.6 Å². The van der Waals surface area contributed by atoms with E-state index in [1.807, 2.05) is 6.07 Å². The van der Waals surface area contributed by atoms with E-state index in [1.165, 1.54) is 11.3 Å². The van der Waals surface area contributed by atoms with E-state index >= 15 is 0 Å². The van der Waals surface area contributed by atoms with Gasteiger partial charge >= 0.3 is 0 Å². The zero-order chi connectivity index (χ0) is 16.1. The van der Waals surface area contributed by atoms with Crippen molar-refractivity contribution in [2.75, 3.05) is 28.8 Å². The topological polar surface area (TPSA) is 32.3 Å². The third kappa shape index (κ3) is 2.33. The third-order valence-electron chi connectivity index (χ3n) is 5.66. The van der Waals surface area contributed by atoms with E-state index in [9.17, 15) is 4.79 Å². The van der Waals surface area contributed by atoms with Gasteiger partial charge in [-0.05, 0) is 37.6 Å². The molecule has 1 aromatic rings. The van der Waals surface area contributed by atoms with Crippen molar-refractivity contribution >= 4 is 38.9 Å². The second-order valence-electron chi connectivity index (χ2n) is 7.23. The highest BCUT2D eigenvalue weighted by Crippen LogP contribution is 2.51. The number of anilines is 2. The number of nitrogens with one attached hydrogen (secondary N) is 1. The smallest absolute Gasteiger partial charge is 0.229 e. The van der Waals surface area contributed by atoms with Crippen LogP contribution in [0.1, 0.15) is 33.3 Å². The molecule has 3 nitrogen and oxygen atoms in total. The normalized spacial score (nSPS) is 22.7. The minimum absolute atomic E-state index is 0.0386. The number of carbonyl (C=O) groups excluding carboxylic acids is 1. The minimum Gasteiger partial charge on any atom is -0.368 e. The van der Waals surface area contributed by atoms with Gasteiger partial charge in [0.05, 0.1) is 5.92 Å². The van der Waals surface area contributed by atoms with Gasteiger partial charge in [0.1, 0.15) is 0 Å². The van der Waals surface area contributed by atoms with Crippen LogP contribution in [0.25, 0.3) is 0 Å². The number of rotatable bonds is 2. The van der Waals surface area contributed by atoms with E-state index < -0.39 is 0 Å². The first-order valence-electron chi connectivity index (χ1n) is 7.69. The number of benzene rings is 1. The fraction of sp³-hybridized carbons (Fsp3) is 0.588. The Morgan fingerprint density at radius 3 is 2.50 bits per heavy atom. The van der Waals surface area contributed by atoms with Crippen LogP contribution in [0, 0.1) is 5.92 Å². The van der Waals surface area contributed by atoms with Crippen LogP contribution in [-0.4, -0.2) is 30.0 Å². The monoisotopic (exact) mass is 336 g/mol. The summed E-state index contributed by atoms with van der Waals surface area (Å²) < 4.78 is 0. The van der Waals surface area contributed by atoms with Crippen molar-refractivity contribution in [3.63, 3.8) is 0 Å². The molecule has 3 rings (SSSR count). The van der Waals surface area contributed by atoms with Crippen LogP contribution < -0.4 is 10.2 Å². The number of likely N-dealkylation sites (N-methyl/N-ethyl adjacent to an activating group) is 1. The highest BCUT2D eigenvalue weighted by Gasteiger charge is 2.49. The summed E-state index contributed by atoms with van der Waals surface area (Å²) in [5.74, 6) is 2.13. The molecule has 22 heavy (non-hydrogen) atoms. The zero-order valence-corrected chi connectivity index (χ0v) is 15.5. The van der Waals surface area contributed by atoms with Crippen molar-refractivity contribution in [2.45, 2.75) is 38.6 Å². The van der Waals surface area contributed by atoms with E-state index in [4.69, 9.17) is 0 Å². The molecule has 120 valence electrons. The lowest BCUT2D eigenvalue weighted by molar-refractivity contribution is -0.118. The molecule has 0 spiro atoms. The number of amides is 1. The quantitative estimate of drug-likeness (QED) is 0.823. The van der Waals surface area contributed by atoms with Crippen molar-refractivity contribution in [3.05, 3.63) is 23.8 Å². The minimum atomic E-state index is 0.0386. The molecule has 0 aliphatic carbocycles. The predicted octanol–water partition coefficient (Wildman–Crippen LogP) is 4.14. The van der Waals surface area contributed by atoms with E-state index in [2.05, 4.69) is 57.1 Å². The van der Waals surface area contributed by atoms with Gasteiger partial charge in [-0.2, -0.15) is 0 Å². The SMILES string of the molecule is CN1c2ccc(NC(=O)C3CSSC3)cc2C(C)(C)C1(C)C. The number of hydrogen-bond acceptors (Lipinski definition) is 4. The molecule has 2 heterocycles. The van der Waals surface area contributed by atoms with Gasteiger partial charge in [0.15, 0.2) is 0 Å². The first-order chi connectivity index (χ1) is 10.2. The van der Waals surface area contributed by atoms with Gasteiger partial charge < -0.3 is 10.2 Å². The maximum Gasteiger partial charge on any atom is 0.229 e. The van der Waals surface area contributed by atoms with Crippen molar-refractivity contribution in [1.82, 2.24) is 0 Å². The van der Waals surface area contributed by atoms with Gasteiger partial charge in [-0.15, -0.1) is 0 Å². The summed E-state index contributed by atoms with van der Waals surface area (Å²) in [4.78, 5) is 14.7. The summed E-state index contributed by atoms with van der Waals surface area (Å²) >= 11 is 0. The molecule has 0 unspecified atom stereocenters. The Balaban J connectivity index is 1.88. The first-order valence-corrected chi connectivity index (χ1v) is 10.2. The van der Waals surface area contributed by atoms with Gasteiger partial charge in [-0.25, -0.2) is 0 Å². The molecule has 2 aliphatic rings. The number of carbonyl (C=O) groups is 1. The predicted molar refractivity (Wildman–Crippen MR) is 99.0 cm³/mol. The van der Waals surface area contributed by atoms with Crippen LogP contribution in [0.2, 0.25) is 0 Å². The standard InChI is InChI=1S/C17H24N2OS2/c1-16(2)13-8-12(18-15(20)11-9-21-22-10-11)6-7-14(13)19(5)17(16,3)4/h6-8,11H,9-10H2,1-5H3,(H,18,20). The molecule has 0 aromatic heterocycles. The van der Waals surface area contributed by atoms with E-state index in [1.54, 1.807) is 21.6 Å². The van der Waals surface area contributed by atoms with Crippen LogP contribution in [0.15, 0.2) is 18.2 Å². The lowest BCUT2D eigenvalue weighted by Gasteiger charge is -2.40. The summed E-state index contributed by atoms with van der Waals surface area (Å²) in [6.07, 6.45) is 0. The molecule has 0 bridgehead atoms. The van der Waals surface area contributed by atoms with Gasteiger partial charge in [0.25, 0.3) is 0 Å². The Bertz CT molecular complexity index is 607. The van der Waals surface area contributed by atoms with Crippen LogP contribution in [0.5, 0.6) is 0 Å². The van der Waals surface area contributed by atoms with Gasteiger partial charge in [0.2, 0.25) is 5.91 Å². The van der Waals surface area contributed by atoms with Gasteiger partial charge in [-0.3, -0.25) is 4.79 Å². The number of nitrogens with zero attached hydrogens (tertiary/aromatic N) is 1. The summed E-state index contributed by atoms with van der Waals surface area (Å²) in [6.45, 7) is 9.12. The second kappa shape index (κ2) is 5.38. The van der Waals surface area contributed by atoms with Crippen molar-refractivity contribution in [3.8, 4) is 0 Å². The van der Waals surface area contributed by atoms with E-state index in [0.717, 1.165) is 17.2 Å². The molecule has 1 N–H and O–H groups in total. The molecule has 0 radical (unpaired) electrons. The molecular weight excluding hydrogens is 312 g/mol. The summed E-state index contributed by atoms with van der Waals surface area (Å²) in [5.41, 5.74) is 3.59. The highest BCUT2D eigenvalue weighted by molar-refractivity contribution is 8.77. The van der Waals surface area contributed by atoms with E-state index in [0.29, 0.717) is 0 Å². The molecular formula is C17H24N2OS2.